The molecule has 1 aliphatic heterocycles. The Morgan fingerprint density at radius 3 is 2.55 bits per heavy atom. The third-order valence-electron chi connectivity index (χ3n) is 5.42. The van der Waals surface area contributed by atoms with Crippen molar-refractivity contribution in [3.63, 3.8) is 0 Å². The van der Waals surface area contributed by atoms with Gasteiger partial charge in [-0.2, -0.15) is 0 Å². The van der Waals surface area contributed by atoms with E-state index in [4.69, 9.17) is 4.74 Å². The topological polar surface area (TPSA) is 70.6 Å². The van der Waals surface area contributed by atoms with Gasteiger partial charge < -0.3 is 20.5 Å². The Bertz CT molecular complexity index is 377. The van der Waals surface area contributed by atoms with Crippen LogP contribution in [0.15, 0.2) is 0 Å². The summed E-state index contributed by atoms with van der Waals surface area (Å²) >= 11 is 0. The maximum absolute atomic E-state index is 12.1. The minimum absolute atomic E-state index is 0.0290. The van der Waals surface area contributed by atoms with Gasteiger partial charge in [-0.1, -0.05) is 13.8 Å². The number of aliphatic hydroxyl groups is 1. The lowest BCUT2D eigenvalue weighted by atomic mass is 9.57. The van der Waals surface area contributed by atoms with Crippen molar-refractivity contribution in [1.29, 1.82) is 0 Å². The van der Waals surface area contributed by atoms with Crippen LogP contribution in [-0.4, -0.2) is 42.0 Å². The summed E-state index contributed by atoms with van der Waals surface area (Å²) in [6, 6.07) is 0.358. The number of rotatable bonds is 2. The monoisotopic (exact) mass is 282 g/mol. The molecule has 0 radical (unpaired) electrons. The normalized spacial score (nSPS) is 42.5. The first-order valence-corrected chi connectivity index (χ1v) is 7.85. The number of hydrogen-bond donors (Lipinski definition) is 3. The Labute approximate surface area is 120 Å². The predicted octanol–water partition coefficient (Wildman–Crippen LogP) is 1.40. The summed E-state index contributed by atoms with van der Waals surface area (Å²) < 4.78 is 5.74. The molecule has 0 aromatic rings. The standard InChI is InChI=1S/C15H26N2O3/c1-15(2)12(11-7-8-20-13(11)15)17-14(19)16-9-3-5-10(18)6-4-9/h9-13,18H,3-8H2,1-2H3,(H2,16,17,19). The number of urea groups is 1. The molecule has 3 rings (SSSR count). The second-order valence-electron chi connectivity index (χ2n) is 7.17. The number of carbonyl (C=O) groups excluding carboxylic acids is 1. The summed E-state index contributed by atoms with van der Waals surface area (Å²) in [6.45, 7) is 5.15. The van der Waals surface area contributed by atoms with Crippen LogP contribution in [0.2, 0.25) is 0 Å². The van der Waals surface area contributed by atoms with Gasteiger partial charge in [0.25, 0.3) is 0 Å². The Morgan fingerprint density at radius 1 is 1.15 bits per heavy atom. The van der Waals surface area contributed by atoms with Crippen LogP contribution in [0.3, 0.4) is 0 Å². The van der Waals surface area contributed by atoms with E-state index in [0.29, 0.717) is 12.0 Å². The maximum atomic E-state index is 12.1. The zero-order valence-corrected chi connectivity index (χ0v) is 12.4. The highest BCUT2D eigenvalue weighted by Gasteiger charge is 2.59. The van der Waals surface area contributed by atoms with E-state index < -0.39 is 0 Å². The fraction of sp³-hybridized carbons (Fsp3) is 0.933. The van der Waals surface area contributed by atoms with Crippen molar-refractivity contribution in [2.24, 2.45) is 11.3 Å². The number of hydrogen-bond acceptors (Lipinski definition) is 3. The van der Waals surface area contributed by atoms with E-state index in [0.717, 1.165) is 38.7 Å². The summed E-state index contributed by atoms with van der Waals surface area (Å²) in [6.07, 6.45) is 4.50. The zero-order chi connectivity index (χ0) is 14.3. The van der Waals surface area contributed by atoms with Crippen LogP contribution in [0.4, 0.5) is 4.79 Å². The summed E-state index contributed by atoms with van der Waals surface area (Å²) in [5.74, 6) is 0.476. The molecule has 1 saturated heterocycles. The van der Waals surface area contributed by atoms with Crippen molar-refractivity contribution < 1.29 is 14.6 Å². The van der Waals surface area contributed by atoms with E-state index in [-0.39, 0.29) is 29.6 Å². The van der Waals surface area contributed by atoms with Gasteiger partial charge in [0.1, 0.15) is 0 Å². The average molecular weight is 282 g/mol. The first-order chi connectivity index (χ1) is 9.48. The lowest BCUT2D eigenvalue weighted by Crippen LogP contribution is -2.68. The quantitative estimate of drug-likeness (QED) is 0.717. The van der Waals surface area contributed by atoms with Crippen LogP contribution in [0.1, 0.15) is 46.0 Å². The van der Waals surface area contributed by atoms with Crippen molar-refractivity contribution in [1.82, 2.24) is 10.6 Å². The molecular formula is C15H26N2O3. The van der Waals surface area contributed by atoms with Crippen LogP contribution in [0.5, 0.6) is 0 Å². The number of nitrogens with one attached hydrogen (secondary N) is 2. The van der Waals surface area contributed by atoms with E-state index in [1.54, 1.807) is 0 Å². The van der Waals surface area contributed by atoms with Gasteiger partial charge in [0.2, 0.25) is 0 Å². The molecule has 2 amide bonds. The van der Waals surface area contributed by atoms with Gasteiger partial charge in [-0.15, -0.1) is 0 Å². The molecule has 2 aliphatic carbocycles. The second kappa shape index (κ2) is 5.19. The molecule has 114 valence electrons. The molecule has 5 heteroatoms. The number of ether oxygens (including phenoxy) is 1. The molecule has 3 fully saturated rings. The maximum Gasteiger partial charge on any atom is 0.315 e. The second-order valence-corrected chi connectivity index (χ2v) is 7.17. The third-order valence-corrected chi connectivity index (χ3v) is 5.42. The first kappa shape index (κ1) is 14.1. The number of fused-ring (bicyclic) bond motifs is 1. The van der Waals surface area contributed by atoms with Crippen molar-refractivity contribution in [2.45, 2.75) is 70.2 Å². The van der Waals surface area contributed by atoms with E-state index >= 15 is 0 Å². The molecule has 0 spiro atoms. The highest BCUT2D eigenvalue weighted by molar-refractivity contribution is 5.75. The number of amides is 2. The fourth-order valence-electron chi connectivity index (χ4n) is 4.21. The SMILES string of the molecule is CC1(C)C(NC(=O)NC2CCC(O)CC2)C2CCOC21. The van der Waals surface area contributed by atoms with Crippen LogP contribution in [0.25, 0.3) is 0 Å². The van der Waals surface area contributed by atoms with E-state index in [1.807, 2.05) is 0 Å². The summed E-state index contributed by atoms with van der Waals surface area (Å²) in [7, 11) is 0. The minimum Gasteiger partial charge on any atom is -0.393 e. The largest absolute Gasteiger partial charge is 0.393 e. The van der Waals surface area contributed by atoms with Crippen molar-refractivity contribution >= 4 is 6.03 Å². The fourth-order valence-corrected chi connectivity index (χ4v) is 4.21. The van der Waals surface area contributed by atoms with E-state index in [2.05, 4.69) is 24.5 Å². The summed E-state index contributed by atoms with van der Waals surface area (Å²) in [5, 5.41) is 15.7. The Balaban J connectivity index is 1.49. The summed E-state index contributed by atoms with van der Waals surface area (Å²) in [4.78, 5) is 12.1. The molecule has 0 aromatic heterocycles. The van der Waals surface area contributed by atoms with Crippen LogP contribution in [-0.2, 0) is 4.74 Å². The molecule has 0 aromatic carbocycles. The summed E-state index contributed by atoms with van der Waals surface area (Å²) in [5.41, 5.74) is 0.0290. The highest BCUT2D eigenvalue weighted by atomic mass is 16.5. The molecule has 1 heterocycles. The molecule has 3 aliphatic rings. The molecule has 5 nitrogen and oxygen atoms in total. The predicted molar refractivity (Wildman–Crippen MR) is 75.3 cm³/mol. The molecule has 3 N–H and O–H groups in total. The lowest BCUT2D eigenvalue weighted by Gasteiger charge is -2.54. The van der Waals surface area contributed by atoms with Gasteiger partial charge in [-0.3, -0.25) is 0 Å². The lowest BCUT2D eigenvalue weighted by molar-refractivity contribution is -0.108. The molecule has 3 atom stereocenters. The van der Waals surface area contributed by atoms with Gasteiger partial charge in [-0.25, -0.2) is 4.79 Å². The molecular weight excluding hydrogens is 256 g/mol. The number of aliphatic hydroxyl groups excluding tert-OH is 1. The van der Waals surface area contributed by atoms with Crippen molar-refractivity contribution in [3.05, 3.63) is 0 Å². The average Bonchev–Trinajstić information content (AvgIpc) is 2.86. The Hall–Kier alpha value is -0.810. The third kappa shape index (κ3) is 2.42. The van der Waals surface area contributed by atoms with Gasteiger partial charge in [-0.05, 0) is 32.1 Å². The molecule has 0 bridgehead atoms. The van der Waals surface area contributed by atoms with Gasteiger partial charge in [0.15, 0.2) is 0 Å². The van der Waals surface area contributed by atoms with Gasteiger partial charge >= 0.3 is 6.03 Å². The van der Waals surface area contributed by atoms with Crippen LogP contribution < -0.4 is 10.6 Å². The highest BCUT2D eigenvalue weighted by Crippen LogP contribution is 2.52. The van der Waals surface area contributed by atoms with Gasteiger partial charge in [0, 0.05) is 30.0 Å². The van der Waals surface area contributed by atoms with E-state index in [1.165, 1.54) is 0 Å². The van der Waals surface area contributed by atoms with Crippen molar-refractivity contribution in [2.75, 3.05) is 6.61 Å². The minimum atomic E-state index is -0.182. The molecule has 3 unspecified atom stereocenters. The van der Waals surface area contributed by atoms with Gasteiger partial charge in [0.05, 0.1) is 12.2 Å². The Morgan fingerprint density at radius 2 is 1.85 bits per heavy atom. The molecule has 20 heavy (non-hydrogen) atoms. The zero-order valence-electron chi connectivity index (χ0n) is 12.4. The van der Waals surface area contributed by atoms with Crippen LogP contribution in [0, 0.1) is 11.3 Å². The van der Waals surface area contributed by atoms with E-state index in [9.17, 15) is 9.90 Å². The Kier molecular flexibility index (Phi) is 3.67. The van der Waals surface area contributed by atoms with Crippen molar-refractivity contribution in [3.8, 4) is 0 Å². The van der Waals surface area contributed by atoms with Crippen LogP contribution >= 0.6 is 0 Å². The molecule has 2 saturated carbocycles. The smallest absolute Gasteiger partial charge is 0.315 e. The number of carbonyl (C=O) groups is 1. The first-order valence-electron chi connectivity index (χ1n) is 7.85.